The lowest BCUT2D eigenvalue weighted by Crippen LogP contribution is -2.48. The Bertz CT molecular complexity index is 478. The summed E-state index contributed by atoms with van der Waals surface area (Å²) in [6.45, 7) is 6.55. The number of nitrogens with zero attached hydrogens (tertiary/aromatic N) is 4. The first kappa shape index (κ1) is 12.5. The largest absolute Gasteiger partial charge is 0.348 e. The van der Waals surface area contributed by atoms with Crippen molar-refractivity contribution in [1.29, 1.82) is 0 Å². The number of aromatic nitrogens is 2. The first-order chi connectivity index (χ1) is 9.13. The van der Waals surface area contributed by atoms with Crippen molar-refractivity contribution < 1.29 is 0 Å². The van der Waals surface area contributed by atoms with Crippen molar-refractivity contribution in [3.8, 4) is 0 Å². The van der Waals surface area contributed by atoms with Crippen LogP contribution < -0.4 is 5.32 Å². The molecular formula is C14H23N5. The van der Waals surface area contributed by atoms with Crippen LogP contribution >= 0.6 is 0 Å². The smallest absolute Gasteiger partial charge is 0.194 e. The minimum atomic E-state index is 0.205. The first-order valence-electron chi connectivity index (χ1n) is 7.20. The fraction of sp³-hybridized carbons (Fsp3) is 0.714. The molecule has 2 unspecified atom stereocenters. The van der Waals surface area contributed by atoms with Crippen LogP contribution in [0.4, 0.5) is 0 Å². The van der Waals surface area contributed by atoms with Gasteiger partial charge in [0, 0.05) is 19.8 Å². The first-order valence-corrected chi connectivity index (χ1v) is 7.20. The van der Waals surface area contributed by atoms with Crippen molar-refractivity contribution >= 4 is 5.96 Å². The van der Waals surface area contributed by atoms with Gasteiger partial charge in [-0.25, -0.2) is 0 Å². The van der Waals surface area contributed by atoms with Crippen molar-refractivity contribution in [2.24, 2.45) is 18.0 Å². The van der Waals surface area contributed by atoms with E-state index in [4.69, 9.17) is 0 Å². The van der Waals surface area contributed by atoms with Crippen molar-refractivity contribution in [3.05, 3.63) is 18.0 Å². The minimum absolute atomic E-state index is 0.205. The van der Waals surface area contributed by atoms with E-state index in [0.717, 1.165) is 30.7 Å². The molecule has 0 aromatic carbocycles. The molecule has 0 saturated carbocycles. The summed E-state index contributed by atoms with van der Waals surface area (Å²) in [5, 5.41) is 7.98. The summed E-state index contributed by atoms with van der Waals surface area (Å²) in [7, 11) is 1.95. The number of hydrogen-bond acceptors (Lipinski definition) is 4. The molecule has 3 heterocycles. The van der Waals surface area contributed by atoms with Crippen LogP contribution in [0.15, 0.2) is 17.3 Å². The molecule has 2 aliphatic rings. The molecule has 1 aromatic heterocycles. The van der Waals surface area contributed by atoms with E-state index in [1.165, 1.54) is 12.8 Å². The van der Waals surface area contributed by atoms with E-state index < -0.39 is 0 Å². The molecular weight excluding hydrogens is 238 g/mol. The third kappa shape index (κ3) is 2.46. The van der Waals surface area contributed by atoms with Gasteiger partial charge < -0.3 is 10.2 Å². The molecule has 1 aromatic rings. The summed E-state index contributed by atoms with van der Waals surface area (Å²) >= 11 is 0. The average Bonchev–Trinajstić information content (AvgIpc) is 2.97. The number of rotatable bonds is 2. The van der Waals surface area contributed by atoms with Crippen molar-refractivity contribution in [2.75, 3.05) is 13.1 Å². The van der Waals surface area contributed by atoms with Crippen LogP contribution in [0.1, 0.15) is 38.4 Å². The summed E-state index contributed by atoms with van der Waals surface area (Å²) in [5.41, 5.74) is 1.07. The van der Waals surface area contributed by atoms with Gasteiger partial charge in [0.25, 0.3) is 0 Å². The van der Waals surface area contributed by atoms with E-state index in [1.54, 1.807) is 0 Å². The zero-order valence-electron chi connectivity index (χ0n) is 12.0. The SMILES string of the molecule is CC1CCC2CN=C(N[C@@H](C)c3ccn(C)n3)N2C1. The van der Waals surface area contributed by atoms with E-state index in [2.05, 4.69) is 40.2 Å². The number of aryl methyl sites for hydroxylation is 1. The van der Waals surface area contributed by atoms with Crippen LogP contribution in [0, 0.1) is 5.92 Å². The highest BCUT2D eigenvalue weighted by Gasteiger charge is 2.33. The van der Waals surface area contributed by atoms with Crippen LogP contribution in [-0.4, -0.2) is 39.8 Å². The Morgan fingerprint density at radius 3 is 3.00 bits per heavy atom. The normalized spacial score (nSPS) is 27.9. The van der Waals surface area contributed by atoms with Crippen LogP contribution in [0.3, 0.4) is 0 Å². The molecule has 5 heteroatoms. The van der Waals surface area contributed by atoms with Gasteiger partial charge in [-0.2, -0.15) is 5.10 Å². The highest BCUT2D eigenvalue weighted by Crippen LogP contribution is 2.26. The van der Waals surface area contributed by atoms with Gasteiger partial charge in [0.1, 0.15) is 0 Å². The molecule has 1 saturated heterocycles. The lowest BCUT2D eigenvalue weighted by atomic mass is 9.95. The Morgan fingerprint density at radius 1 is 1.42 bits per heavy atom. The van der Waals surface area contributed by atoms with E-state index >= 15 is 0 Å². The second-order valence-electron chi connectivity index (χ2n) is 5.93. The monoisotopic (exact) mass is 261 g/mol. The average molecular weight is 261 g/mol. The van der Waals surface area contributed by atoms with Crippen molar-refractivity contribution in [3.63, 3.8) is 0 Å². The highest BCUT2D eigenvalue weighted by atomic mass is 15.4. The number of nitrogens with one attached hydrogen (secondary N) is 1. The third-order valence-electron chi connectivity index (χ3n) is 4.19. The lowest BCUT2D eigenvalue weighted by Gasteiger charge is -2.36. The number of fused-ring (bicyclic) bond motifs is 1. The summed E-state index contributed by atoms with van der Waals surface area (Å²) < 4.78 is 1.84. The van der Waals surface area contributed by atoms with Gasteiger partial charge in [0.2, 0.25) is 0 Å². The highest BCUT2D eigenvalue weighted by molar-refractivity contribution is 5.82. The molecule has 0 amide bonds. The molecule has 3 rings (SSSR count). The zero-order chi connectivity index (χ0) is 13.4. The van der Waals surface area contributed by atoms with Crippen LogP contribution in [0.5, 0.6) is 0 Å². The molecule has 0 aliphatic carbocycles. The quantitative estimate of drug-likeness (QED) is 0.878. The molecule has 1 N–H and O–H groups in total. The van der Waals surface area contributed by atoms with Gasteiger partial charge in [-0.15, -0.1) is 0 Å². The van der Waals surface area contributed by atoms with Gasteiger partial charge >= 0.3 is 0 Å². The molecule has 3 atom stereocenters. The Labute approximate surface area is 114 Å². The van der Waals surface area contributed by atoms with Crippen LogP contribution in [0.2, 0.25) is 0 Å². The number of guanidine groups is 1. The molecule has 0 spiro atoms. The molecule has 19 heavy (non-hydrogen) atoms. The van der Waals surface area contributed by atoms with Gasteiger partial charge in [-0.05, 0) is 31.7 Å². The maximum atomic E-state index is 4.68. The van der Waals surface area contributed by atoms with Crippen molar-refractivity contribution in [2.45, 2.75) is 38.8 Å². The Morgan fingerprint density at radius 2 is 2.26 bits per heavy atom. The lowest BCUT2D eigenvalue weighted by molar-refractivity contribution is 0.210. The summed E-state index contributed by atoms with van der Waals surface area (Å²) in [6, 6.07) is 2.88. The summed E-state index contributed by atoms with van der Waals surface area (Å²) in [6.07, 6.45) is 4.59. The van der Waals surface area contributed by atoms with Crippen molar-refractivity contribution in [1.82, 2.24) is 20.0 Å². The molecule has 0 radical (unpaired) electrons. The zero-order valence-corrected chi connectivity index (χ0v) is 12.0. The van der Waals surface area contributed by atoms with Crippen LogP contribution in [-0.2, 0) is 7.05 Å². The number of aliphatic imine (C=N–C) groups is 1. The number of hydrogen-bond donors (Lipinski definition) is 1. The Hall–Kier alpha value is -1.52. The fourth-order valence-corrected chi connectivity index (χ4v) is 3.00. The molecule has 2 aliphatic heterocycles. The summed E-state index contributed by atoms with van der Waals surface area (Å²) in [4.78, 5) is 7.14. The Balaban J connectivity index is 1.66. The minimum Gasteiger partial charge on any atom is -0.348 e. The van der Waals surface area contributed by atoms with E-state index in [9.17, 15) is 0 Å². The van der Waals surface area contributed by atoms with Gasteiger partial charge in [-0.3, -0.25) is 9.67 Å². The van der Waals surface area contributed by atoms with Gasteiger partial charge in [-0.1, -0.05) is 6.92 Å². The molecule has 1 fully saturated rings. The maximum Gasteiger partial charge on any atom is 0.194 e. The topological polar surface area (TPSA) is 45.5 Å². The third-order valence-corrected chi connectivity index (χ3v) is 4.19. The second-order valence-corrected chi connectivity index (χ2v) is 5.93. The van der Waals surface area contributed by atoms with E-state index in [-0.39, 0.29) is 6.04 Å². The molecule has 104 valence electrons. The predicted octanol–water partition coefficient (Wildman–Crippen LogP) is 1.54. The molecule has 5 nitrogen and oxygen atoms in total. The van der Waals surface area contributed by atoms with Crippen LogP contribution in [0.25, 0.3) is 0 Å². The van der Waals surface area contributed by atoms with Gasteiger partial charge in [0.15, 0.2) is 5.96 Å². The summed E-state index contributed by atoms with van der Waals surface area (Å²) in [5.74, 6) is 1.83. The number of piperidine rings is 1. The second kappa shape index (κ2) is 4.87. The van der Waals surface area contributed by atoms with E-state index in [0.29, 0.717) is 6.04 Å². The molecule has 0 bridgehead atoms. The maximum absolute atomic E-state index is 4.68. The predicted molar refractivity (Wildman–Crippen MR) is 76.0 cm³/mol. The Kier molecular flexibility index (Phi) is 3.21. The van der Waals surface area contributed by atoms with E-state index in [1.807, 2.05) is 17.9 Å². The van der Waals surface area contributed by atoms with Gasteiger partial charge in [0.05, 0.1) is 24.3 Å². The fourth-order valence-electron chi connectivity index (χ4n) is 3.00. The standard InChI is InChI=1S/C14H23N5/c1-10-4-5-12-8-15-14(19(12)9-10)16-11(2)13-6-7-18(3)17-13/h6-7,10-12H,4-5,8-9H2,1-3H3,(H,15,16)/t10?,11-,12?/m0/s1.